The molecule has 0 amide bonds. The van der Waals surface area contributed by atoms with Gasteiger partial charge in [-0.25, -0.2) is 13.4 Å². The van der Waals surface area contributed by atoms with Crippen LogP contribution in [0.2, 0.25) is 0 Å². The number of piperazine rings is 1. The minimum atomic E-state index is -3.40. The zero-order valence-electron chi connectivity index (χ0n) is 13.8. The van der Waals surface area contributed by atoms with E-state index in [9.17, 15) is 8.42 Å². The molecule has 1 aliphatic heterocycles. The standard InChI is InChI=1S/C16H22N4O3S/c1-19-8-9-20(11-15(19)16-17-6-7-18-16)24(21,22)12-13-4-3-5-14(10-13)23-2/h3-7,10,15H,8-9,11-12H2,1-2H3,(H,17,18)/t15-/m1/s1. The van der Waals surface area contributed by atoms with Gasteiger partial charge in [0.15, 0.2) is 0 Å². The largest absolute Gasteiger partial charge is 0.497 e. The van der Waals surface area contributed by atoms with Gasteiger partial charge in [0.1, 0.15) is 11.6 Å². The van der Waals surface area contributed by atoms with Crippen molar-refractivity contribution in [2.24, 2.45) is 0 Å². The molecule has 1 aromatic heterocycles. The first-order valence-electron chi connectivity index (χ1n) is 7.80. The second-order valence-electron chi connectivity index (χ2n) is 5.94. The fraction of sp³-hybridized carbons (Fsp3) is 0.438. The zero-order valence-corrected chi connectivity index (χ0v) is 14.7. The Balaban J connectivity index is 1.76. The number of aromatic amines is 1. The van der Waals surface area contributed by atoms with E-state index in [1.807, 2.05) is 7.05 Å². The van der Waals surface area contributed by atoms with Crippen LogP contribution in [0.25, 0.3) is 0 Å². The molecule has 0 saturated carbocycles. The van der Waals surface area contributed by atoms with Gasteiger partial charge in [0.25, 0.3) is 0 Å². The Kier molecular flexibility index (Phi) is 4.88. The van der Waals surface area contributed by atoms with Gasteiger partial charge in [0, 0.05) is 32.0 Å². The third kappa shape index (κ3) is 3.61. The highest BCUT2D eigenvalue weighted by atomic mass is 32.2. The summed E-state index contributed by atoms with van der Waals surface area (Å²) in [6, 6.07) is 7.12. The lowest BCUT2D eigenvalue weighted by Gasteiger charge is -2.37. The average Bonchev–Trinajstić information content (AvgIpc) is 3.09. The van der Waals surface area contributed by atoms with Crippen LogP contribution < -0.4 is 4.74 Å². The number of hydrogen-bond acceptors (Lipinski definition) is 5. The normalized spacial score (nSPS) is 20.2. The van der Waals surface area contributed by atoms with Gasteiger partial charge >= 0.3 is 0 Å². The number of benzene rings is 1. The van der Waals surface area contributed by atoms with Gasteiger partial charge < -0.3 is 9.72 Å². The molecule has 7 nitrogen and oxygen atoms in total. The molecule has 1 saturated heterocycles. The average molecular weight is 350 g/mol. The summed E-state index contributed by atoms with van der Waals surface area (Å²) in [6.07, 6.45) is 3.44. The monoisotopic (exact) mass is 350 g/mol. The lowest BCUT2D eigenvalue weighted by molar-refractivity contribution is 0.142. The molecule has 3 rings (SSSR count). The molecule has 0 bridgehead atoms. The van der Waals surface area contributed by atoms with E-state index in [2.05, 4.69) is 14.9 Å². The number of nitrogens with one attached hydrogen (secondary N) is 1. The van der Waals surface area contributed by atoms with Crippen molar-refractivity contribution in [1.29, 1.82) is 0 Å². The maximum absolute atomic E-state index is 12.8. The number of sulfonamides is 1. The summed E-state index contributed by atoms with van der Waals surface area (Å²) in [5.41, 5.74) is 0.725. The number of aromatic nitrogens is 2. The molecule has 8 heteroatoms. The Hall–Kier alpha value is -1.90. The van der Waals surface area contributed by atoms with Crippen molar-refractivity contribution in [3.8, 4) is 5.75 Å². The third-order valence-electron chi connectivity index (χ3n) is 4.32. The summed E-state index contributed by atoms with van der Waals surface area (Å²) in [6.45, 7) is 1.55. The van der Waals surface area contributed by atoms with Crippen LogP contribution in [0.1, 0.15) is 17.4 Å². The number of rotatable bonds is 5. The van der Waals surface area contributed by atoms with Crippen molar-refractivity contribution in [2.45, 2.75) is 11.8 Å². The molecule has 1 aromatic carbocycles. The van der Waals surface area contributed by atoms with E-state index in [-0.39, 0.29) is 11.8 Å². The van der Waals surface area contributed by atoms with Crippen LogP contribution in [0.3, 0.4) is 0 Å². The minimum absolute atomic E-state index is 0.0290. The maximum Gasteiger partial charge on any atom is 0.218 e. The number of imidazole rings is 1. The summed E-state index contributed by atoms with van der Waals surface area (Å²) in [5.74, 6) is 1.42. The molecule has 130 valence electrons. The minimum Gasteiger partial charge on any atom is -0.497 e. The van der Waals surface area contributed by atoms with Crippen LogP contribution in [0.4, 0.5) is 0 Å². The van der Waals surface area contributed by atoms with Crippen molar-refractivity contribution < 1.29 is 13.2 Å². The summed E-state index contributed by atoms with van der Waals surface area (Å²) in [7, 11) is 0.157. The van der Waals surface area contributed by atoms with Gasteiger partial charge in [-0.3, -0.25) is 4.90 Å². The summed E-state index contributed by atoms with van der Waals surface area (Å²) in [4.78, 5) is 9.48. The van der Waals surface area contributed by atoms with E-state index >= 15 is 0 Å². The Morgan fingerprint density at radius 3 is 2.92 bits per heavy atom. The molecule has 2 aromatic rings. The van der Waals surface area contributed by atoms with Crippen molar-refractivity contribution in [2.75, 3.05) is 33.8 Å². The SMILES string of the molecule is COc1cccc(CS(=O)(=O)N2CCN(C)[C@@H](c3ncc[nH]3)C2)c1. The quantitative estimate of drug-likeness (QED) is 0.878. The molecule has 24 heavy (non-hydrogen) atoms. The van der Waals surface area contributed by atoms with E-state index in [1.165, 1.54) is 0 Å². The fourth-order valence-corrected chi connectivity index (χ4v) is 4.43. The Bertz CT molecular complexity index is 776. The molecule has 1 atom stereocenters. The first kappa shape index (κ1) is 16.9. The zero-order chi connectivity index (χ0) is 17.2. The van der Waals surface area contributed by atoms with Gasteiger partial charge in [-0.2, -0.15) is 4.31 Å². The van der Waals surface area contributed by atoms with Crippen LogP contribution in [0, 0.1) is 0 Å². The van der Waals surface area contributed by atoms with Crippen LogP contribution >= 0.6 is 0 Å². The van der Waals surface area contributed by atoms with Gasteiger partial charge in [-0.1, -0.05) is 12.1 Å². The van der Waals surface area contributed by atoms with E-state index in [1.54, 1.807) is 48.1 Å². The van der Waals surface area contributed by atoms with Crippen molar-refractivity contribution in [3.63, 3.8) is 0 Å². The number of nitrogens with zero attached hydrogens (tertiary/aromatic N) is 3. The molecular formula is C16H22N4O3S. The summed E-state index contributed by atoms with van der Waals surface area (Å²) in [5, 5.41) is 0. The number of likely N-dealkylation sites (N-methyl/N-ethyl adjacent to an activating group) is 1. The molecule has 1 N–H and O–H groups in total. The predicted octanol–water partition coefficient (Wildman–Crippen LogP) is 1.24. The van der Waals surface area contributed by atoms with E-state index in [0.717, 1.165) is 11.4 Å². The highest BCUT2D eigenvalue weighted by Crippen LogP contribution is 2.25. The molecule has 1 fully saturated rings. The van der Waals surface area contributed by atoms with Crippen LogP contribution in [0.15, 0.2) is 36.7 Å². The van der Waals surface area contributed by atoms with E-state index in [0.29, 0.717) is 25.4 Å². The predicted molar refractivity (Wildman–Crippen MR) is 91.1 cm³/mol. The lowest BCUT2D eigenvalue weighted by Crippen LogP contribution is -2.49. The summed E-state index contributed by atoms with van der Waals surface area (Å²) < 4.78 is 32.3. The number of hydrogen-bond donors (Lipinski definition) is 1. The second-order valence-corrected chi connectivity index (χ2v) is 7.91. The van der Waals surface area contributed by atoms with E-state index in [4.69, 9.17) is 4.74 Å². The lowest BCUT2D eigenvalue weighted by atomic mass is 10.2. The number of methoxy groups -OCH3 is 1. The topological polar surface area (TPSA) is 78.5 Å². The van der Waals surface area contributed by atoms with Gasteiger partial charge in [-0.15, -0.1) is 0 Å². The maximum atomic E-state index is 12.8. The molecular weight excluding hydrogens is 328 g/mol. The fourth-order valence-electron chi connectivity index (χ4n) is 2.92. The van der Waals surface area contributed by atoms with Crippen LogP contribution in [-0.2, 0) is 15.8 Å². The first-order chi connectivity index (χ1) is 11.5. The molecule has 1 aliphatic rings. The molecule has 2 heterocycles. The Morgan fingerprint density at radius 1 is 1.38 bits per heavy atom. The summed E-state index contributed by atoms with van der Waals surface area (Å²) >= 11 is 0. The van der Waals surface area contributed by atoms with Crippen molar-refractivity contribution in [1.82, 2.24) is 19.2 Å². The highest BCUT2D eigenvalue weighted by molar-refractivity contribution is 7.88. The molecule has 0 unspecified atom stereocenters. The molecule has 0 radical (unpaired) electrons. The smallest absolute Gasteiger partial charge is 0.218 e. The highest BCUT2D eigenvalue weighted by Gasteiger charge is 2.33. The first-order valence-corrected chi connectivity index (χ1v) is 9.41. The van der Waals surface area contributed by atoms with Crippen LogP contribution in [0.5, 0.6) is 5.75 Å². The third-order valence-corrected chi connectivity index (χ3v) is 6.14. The van der Waals surface area contributed by atoms with Crippen LogP contribution in [-0.4, -0.2) is 61.4 Å². The van der Waals surface area contributed by atoms with Gasteiger partial charge in [0.05, 0.1) is 18.9 Å². The Morgan fingerprint density at radius 2 is 2.21 bits per heavy atom. The van der Waals surface area contributed by atoms with Crippen molar-refractivity contribution in [3.05, 3.63) is 48.0 Å². The Labute approximate surface area is 142 Å². The molecule has 0 aliphatic carbocycles. The van der Waals surface area contributed by atoms with E-state index < -0.39 is 10.0 Å². The molecule has 0 spiro atoms. The number of ether oxygens (including phenoxy) is 1. The second kappa shape index (κ2) is 6.92. The van der Waals surface area contributed by atoms with Gasteiger partial charge in [-0.05, 0) is 24.7 Å². The van der Waals surface area contributed by atoms with Crippen molar-refractivity contribution >= 4 is 10.0 Å². The van der Waals surface area contributed by atoms with Gasteiger partial charge in [0.2, 0.25) is 10.0 Å². The number of H-pyrrole nitrogens is 1.